The fraction of sp³-hybridized carbons (Fsp3) is 0.250. The van der Waals surface area contributed by atoms with Crippen LogP contribution in [0.4, 0.5) is 0 Å². The van der Waals surface area contributed by atoms with Crippen LogP contribution in [-0.2, 0) is 16.0 Å². The lowest BCUT2D eigenvalue weighted by atomic mass is 10.0. The molecule has 2 rings (SSSR count). The Morgan fingerprint density at radius 2 is 2.19 bits per heavy atom. The highest BCUT2D eigenvalue weighted by Crippen LogP contribution is 2.13. The number of hydrogen-bond donors (Lipinski definition) is 1. The summed E-state index contributed by atoms with van der Waals surface area (Å²) in [5.41, 5.74) is 1.86. The maximum absolute atomic E-state index is 11.5. The van der Waals surface area contributed by atoms with Crippen molar-refractivity contribution in [3.8, 4) is 0 Å². The van der Waals surface area contributed by atoms with Gasteiger partial charge in [0.05, 0.1) is 18.1 Å². The van der Waals surface area contributed by atoms with Crippen molar-refractivity contribution in [1.29, 1.82) is 0 Å². The standard InChI is InChI=1S/C12H12N2O2/c1-8(15)4-11(16)6-9-2-3-12-10(5-9)7-13-14-12/h2-3,5,7H,4,6H2,1H3,(H,13,14). The molecule has 16 heavy (non-hydrogen) atoms. The summed E-state index contributed by atoms with van der Waals surface area (Å²) in [6.45, 7) is 1.43. The second-order valence-corrected chi connectivity index (χ2v) is 3.89. The van der Waals surface area contributed by atoms with Crippen molar-refractivity contribution in [2.24, 2.45) is 0 Å². The summed E-state index contributed by atoms with van der Waals surface area (Å²) in [5.74, 6) is -0.135. The number of carbonyl (C=O) groups excluding carboxylic acids is 2. The van der Waals surface area contributed by atoms with Gasteiger partial charge in [0, 0.05) is 11.8 Å². The first-order valence-electron chi connectivity index (χ1n) is 5.08. The molecule has 4 heteroatoms. The maximum Gasteiger partial charge on any atom is 0.144 e. The fourth-order valence-corrected chi connectivity index (χ4v) is 1.67. The second-order valence-electron chi connectivity index (χ2n) is 3.89. The topological polar surface area (TPSA) is 62.8 Å². The predicted octanol–water partition coefficient (Wildman–Crippen LogP) is 1.65. The monoisotopic (exact) mass is 216 g/mol. The van der Waals surface area contributed by atoms with Crippen molar-refractivity contribution >= 4 is 22.5 Å². The van der Waals surface area contributed by atoms with Crippen molar-refractivity contribution in [3.63, 3.8) is 0 Å². The van der Waals surface area contributed by atoms with Crippen LogP contribution in [0.15, 0.2) is 24.4 Å². The van der Waals surface area contributed by atoms with Gasteiger partial charge in [-0.15, -0.1) is 0 Å². The van der Waals surface area contributed by atoms with E-state index in [1.807, 2.05) is 18.2 Å². The Hall–Kier alpha value is -1.97. The van der Waals surface area contributed by atoms with Gasteiger partial charge in [-0.2, -0.15) is 5.10 Å². The van der Waals surface area contributed by atoms with Gasteiger partial charge in [0.2, 0.25) is 0 Å². The van der Waals surface area contributed by atoms with Gasteiger partial charge in [0.15, 0.2) is 0 Å². The highest BCUT2D eigenvalue weighted by molar-refractivity contribution is 5.99. The van der Waals surface area contributed by atoms with Crippen LogP contribution in [0, 0.1) is 0 Å². The van der Waals surface area contributed by atoms with Gasteiger partial charge in [0.1, 0.15) is 11.6 Å². The molecule has 1 heterocycles. The Morgan fingerprint density at radius 1 is 1.38 bits per heavy atom. The van der Waals surface area contributed by atoms with Gasteiger partial charge in [0.25, 0.3) is 0 Å². The lowest BCUT2D eigenvalue weighted by Crippen LogP contribution is -2.07. The molecule has 0 aliphatic carbocycles. The lowest BCUT2D eigenvalue weighted by molar-refractivity contribution is -0.125. The van der Waals surface area contributed by atoms with Crippen molar-refractivity contribution in [1.82, 2.24) is 10.2 Å². The van der Waals surface area contributed by atoms with Gasteiger partial charge in [-0.1, -0.05) is 6.07 Å². The van der Waals surface area contributed by atoms with Gasteiger partial charge >= 0.3 is 0 Å². The molecule has 0 bridgehead atoms. The van der Waals surface area contributed by atoms with Crippen molar-refractivity contribution in [3.05, 3.63) is 30.0 Å². The number of nitrogens with one attached hydrogen (secondary N) is 1. The number of benzene rings is 1. The highest BCUT2D eigenvalue weighted by atomic mass is 16.1. The third kappa shape index (κ3) is 2.34. The molecule has 0 saturated heterocycles. The van der Waals surface area contributed by atoms with Crippen LogP contribution in [0.1, 0.15) is 18.9 Å². The Labute approximate surface area is 92.7 Å². The Morgan fingerprint density at radius 3 is 2.94 bits per heavy atom. The molecule has 82 valence electrons. The molecule has 0 aliphatic heterocycles. The minimum Gasteiger partial charge on any atom is -0.300 e. The summed E-state index contributed by atoms with van der Waals surface area (Å²) in [6.07, 6.45) is 2.04. The van der Waals surface area contributed by atoms with E-state index in [2.05, 4.69) is 10.2 Å². The Kier molecular flexibility index (Phi) is 2.81. The molecule has 0 spiro atoms. The second kappa shape index (κ2) is 4.26. The smallest absolute Gasteiger partial charge is 0.144 e. The summed E-state index contributed by atoms with van der Waals surface area (Å²) in [4.78, 5) is 22.2. The van der Waals surface area contributed by atoms with Crippen LogP contribution in [0.5, 0.6) is 0 Å². The van der Waals surface area contributed by atoms with Crippen molar-refractivity contribution in [2.75, 3.05) is 0 Å². The largest absolute Gasteiger partial charge is 0.300 e. The molecule has 1 aromatic carbocycles. The number of ketones is 2. The number of nitrogens with zero attached hydrogens (tertiary/aromatic N) is 1. The SMILES string of the molecule is CC(=O)CC(=O)Cc1ccc2[nH]ncc2c1. The third-order valence-corrected chi connectivity index (χ3v) is 2.35. The molecule has 2 aromatic rings. The van der Waals surface area contributed by atoms with Crippen molar-refractivity contribution in [2.45, 2.75) is 19.8 Å². The van der Waals surface area contributed by atoms with Crippen LogP contribution < -0.4 is 0 Å². The fourth-order valence-electron chi connectivity index (χ4n) is 1.67. The molecular weight excluding hydrogens is 204 g/mol. The van der Waals surface area contributed by atoms with Gasteiger partial charge in [-0.25, -0.2) is 0 Å². The molecule has 0 radical (unpaired) electrons. The van der Waals surface area contributed by atoms with Crippen LogP contribution >= 0.6 is 0 Å². The van der Waals surface area contributed by atoms with Gasteiger partial charge < -0.3 is 0 Å². The number of carbonyl (C=O) groups is 2. The molecular formula is C12H12N2O2. The quantitative estimate of drug-likeness (QED) is 0.790. The molecule has 0 saturated carbocycles. The number of aromatic amines is 1. The highest BCUT2D eigenvalue weighted by Gasteiger charge is 2.07. The van der Waals surface area contributed by atoms with E-state index in [0.717, 1.165) is 16.5 Å². The zero-order valence-electron chi connectivity index (χ0n) is 8.99. The summed E-state index contributed by atoms with van der Waals surface area (Å²) >= 11 is 0. The number of aromatic nitrogens is 2. The van der Waals surface area contributed by atoms with Crippen LogP contribution in [0.2, 0.25) is 0 Å². The molecule has 0 aliphatic rings. The number of fused-ring (bicyclic) bond motifs is 1. The number of rotatable bonds is 4. The van der Waals surface area contributed by atoms with E-state index in [4.69, 9.17) is 0 Å². The summed E-state index contributed by atoms with van der Waals surface area (Å²) in [6, 6.07) is 5.67. The number of hydrogen-bond acceptors (Lipinski definition) is 3. The van der Waals surface area contributed by atoms with E-state index in [-0.39, 0.29) is 18.0 Å². The first kappa shape index (κ1) is 10.5. The molecule has 0 amide bonds. The van der Waals surface area contributed by atoms with Crippen LogP contribution in [0.25, 0.3) is 10.9 Å². The van der Waals surface area contributed by atoms with E-state index >= 15 is 0 Å². The summed E-state index contributed by atoms with van der Waals surface area (Å²) in [5, 5.41) is 7.73. The minimum atomic E-state index is -0.0885. The average Bonchev–Trinajstić information content (AvgIpc) is 2.63. The van der Waals surface area contributed by atoms with E-state index < -0.39 is 0 Å². The molecule has 0 fully saturated rings. The lowest BCUT2D eigenvalue weighted by Gasteiger charge is -1.99. The minimum absolute atomic E-state index is 0.0173. The molecule has 1 aromatic heterocycles. The van der Waals surface area contributed by atoms with Gasteiger partial charge in [-0.3, -0.25) is 14.7 Å². The van der Waals surface area contributed by atoms with Crippen LogP contribution in [-0.4, -0.2) is 21.8 Å². The first-order valence-corrected chi connectivity index (χ1v) is 5.08. The first-order chi connectivity index (χ1) is 7.65. The normalized spacial score (nSPS) is 10.6. The molecule has 1 N–H and O–H groups in total. The van der Waals surface area contributed by atoms with E-state index in [1.54, 1.807) is 6.20 Å². The Balaban J connectivity index is 2.14. The molecule has 0 unspecified atom stereocenters. The van der Waals surface area contributed by atoms with E-state index in [9.17, 15) is 9.59 Å². The average molecular weight is 216 g/mol. The molecule has 0 atom stereocenters. The van der Waals surface area contributed by atoms with Gasteiger partial charge in [-0.05, 0) is 24.6 Å². The maximum atomic E-state index is 11.5. The zero-order chi connectivity index (χ0) is 11.5. The molecule has 4 nitrogen and oxygen atoms in total. The number of H-pyrrole nitrogens is 1. The summed E-state index contributed by atoms with van der Waals surface area (Å²) in [7, 11) is 0. The summed E-state index contributed by atoms with van der Waals surface area (Å²) < 4.78 is 0. The zero-order valence-corrected chi connectivity index (χ0v) is 8.99. The van der Waals surface area contributed by atoms with Crippen LogP contribution in [0.3, 0.4) is 0 Å². The van der Waals surface area contributed by atoms with Crippen molar-refractivity contribution < 1.29 is 9.59 Å². The third-order valence-electron chi connectivity index (χ3n) is 2.35. The Bertz CT molecular complexity index is 543. The van der Waals surface area contributed by atoms with E-state index in [0.29, 0.717) is 6.42 Å². The van der Waals surface area contributed by atoms with E-state index in [1.165, 1.54) is 6.92 Å². The predicted molar refractivity (Wildman–Crippen MR) is 60.1 cm³/mol. The number of Topliss-reactive ketones (excluding diaryl/α,β-unsaturated/α-hetero) is 2.